The van der Waals surface area contributed by atoms with E-state index in [-0.39, 0.29) is 41.4 Å². The van der Waals surface area contributed by atoms with Crippen molar-refractivity contribution in [3.8, 4) is 0 Å². The molecule has 1 saturated heterocycles. The summed E-state index contributed by atoms with van der Waals surface area (Å²) >= 11 is 1.000. The van der Waals surface area contributed by atoms with Crippen LogP contribution in [0.15, 0.2) is 48.5 Å². The fraction of sp³-hybridized carbons (Fsp3) is 0.238. The van der Waals surface area contributed by atoms with Gasteiger partial charge in [0.05, 0.1) is 12.3 Å². The van der Waals surface area contributed by atoms with E-state index in [4.69, 9.17) is 0 Å². The van der Waals surface area contributed by atoms with E-state index in [0.29, 0.717) is 16.9 Å². The Morgan fingerprint density at radius 3 is 2.40 bits per heavy atom. The summed E-state index contributed by atoms with van der Waals surface area (Å²) in [6, 6.07) is 13.2. The monoisotopic (exact) mass is 426 g/mol. The molecule has 3 N–H and O–H groups in total. The Bertz CT molecular complexity index is 959. The summed E-state index contributed by atoms with van der Waals surface area (Å²) in [4.78, 5) is 49.0. The van der Waals surface area contributed by atoms with E-state index in [1.54, 1.807) is 48.5 Å². The summed E-state index contributed by atoms with van der Waals surface area (Å²) in [5.74, 6) is -0.338. The van der Waals surface area contributed by atoms with E-state index in [2.05, 4.69) is 16.0 Å². The second kappa shape index (κ2) is 9.45. The minimum absolute atomic E-state index is 0.0000769. The van der Waals surface area contributed by atoms with E-state index in [1.165, 1.54) is 4.90 Å². The summed E-state index contributed by atoms with van der Waals surface area (Å²) in [5, 5.41) is 7.96. The van der Waals surface area contributed by atoms with Gasteiger partial charge in [0.1, 0.15) is 0 Å². The molecule has 1 aliphatic heterocycles. The first-order valence-electron chi connectivity index (χ1n) is 9.37. The third-order valence-electron chi connectivity index (χ3n) is 4.20. The van der Waals surface area contributed by atoms with Gasteiger partial charge in [-0.05, 0) is 49.7 Å². The van der Waals surface area contributed by atoms with Crippen LogP contribution in [0, 0.1) is 0 Å². The van der Waals surface area contributed by atoms with E-state index >= 15 is 0 Å². The molecule has 30 heavy (non-hydrogen) atoms. The zero-order valence-corrected chi connectivity index (χ0v) is 17.4. The molecule has 0 unspecified atom stereocenters. The van der Waals surface area contributed by atoms with Crippen molar-refractivity contribution >= 4 is 46.2 Å². The van der Waals surface area contributed by atoms with Crippen LogP contribution < -0.4 is 16.0 Å². The maximum absolute atomic E-state index is 12.5. The van der Waals surface area contributed by atoms with Crippen molar-refractivity contribution < 1.29 is 19.2 Å². The van der Waals surface area contributed by atoms with Gasteiger partial charge in [0, 0.05) is 23.0 Å². The molecular weight excluding hydrogens is 404 g/mol. The molecule has 1 aliphatic rings. The van der Waals surface area contributed by atoms with Crippen molar-refractivity contribution in [2.75, 3.05) is 16.4 Å². The Morgan fingerprint density at radius 1 is 1.03 bits per heavy atom. The summed E-state index contributed by atoms with van der Waals surface area (Å²) in [6.45, 7) is 3.92. The number of nitrogens with zero attached hydrogens (tertiary/aromatic N) is 1. The second-order valence-electron chi connectivity index (χ2n) is 7.02. The fourth-order valence-electron chi connectivity index (χ4n) is 2.78. The van der Waals surface area contributed by atoms with E-state index < -0.39 is 0 Å². The normalized spacial score (nSPS) is 13.5. The van der Waals surface area contributed by atoms with Gasteiger partial charge in [-0.1, -0.05) is 30.0 Å². The molecule has 156 valence electrons. The van der Waals surface area contributed by atoms with Crippen LogP contribution in [-0.2, 0) is 11.3 Å². The number of carbonyl (C=O) groups excluding carboxylic acids is 4. The van der Waals surface area contributed by atoms with Crippen LogP contribution in [0.3, 0.4) is 0 Å². The lowest BCUT2D eigenvalue weighted by molar-refractivity contribution is -0.125. The topological polar surface area (TPSA) is 108 Å². The molecule has 0 radical (unpaired) electrons. The first-order valence-corrected chi connectivity index (χ1v) is 10.4. The van der Waals surface area contributed by atoms with Crippen LogP contribution in [0.5, 0.6) is 0 Å². The number of amides is 5. The van der Waals surface area contributed by atoms with Crippen LogP contribution >= 0.6 is 11.8 Å². The van der Waals surface area contributed by atoms with Crippen LogP contribution in [0.4, 0.5) is 21.0 Å². The molecule has 2 aromatic rings. The van der Waals surface area contributed by atoms with Crippen LogP contribution in [0.2, 0.25) is 0 Å². The number of hydrogen-bond donors (Lipinski definition) is 3. The van der Waals surface area contributed by atoms with Gasteiger partial charge in [0.25, 0.3) is 11.1 Å². The number of nitrogens with one attached hydrogen (secondary N) is 3. The highest BCUT2D eigenvalue weighted by Crippen LogP contribution is 2.22. The number of benzene rings is 2. The molecule has 9 heteroatoms. The molecule has 0 aromatic heterocycles. The average molecular weight is 426 g/mol. The first kappa shape index (κ1) is 21.4. The standard InChI is InChI=1S/C21H22N4O4S/c1-13(2)22-20(28)24-17-5-3-4-15(10-17)19(27)23-16-8-6-14(7-9-16)11-25-18(26)12-30-21(25)29/h3-10,13H,11-12H2,1-2H3,(H,23,27)(H2,22,24,28). The average Bonchev–Trinajstić information content (AvgIpc) is 3.01. The molecule has 8 nitrogen and oxygen atoms in total. The highest BCUT2D eigenvalue weighted by molar-refractivity contribution is 8.14. The quantitative estimate of drug-likeness (QED) is 0.653. The number of anilines is 2. The lowest BCUT2D eigenvalue weighted by atomic mass is 10.1. The number of urea groups is 1. The van der Waals surface area contributed by atoms with Gasteiger partial charge < -0.3 is 16.0 Å². The number of thioether (sulfide) groups is 1. The maximum Gasteiger partial charge on any atom is 0.319 e. The molecule has 1 heterocycles. The predicted octanol–water partition coefficient (Wildman–Crippen LogP) is 3.66. The minimum atomic E-state index is -0.341. The van der Waals surface area contributed by atoms with Gasteiger partial charge in [-0.25, -0.2) is 4.79 Å². The second-order valence-corrected chi connectivity index (χ2v) is 7.95. The smallest absolute Gasteiger partial charge is 0.319 e. The summed E-state index contributed by atoms with van der Waals surface area (Å²) < 4.78 is 0. The Labute approximate surface area is 178 Å². The van der Waals surface area contributed by atoms with Gasteiger partial charge in [-0.3, -0.25) is 19.3 Å². The molecule has 5 amide bonds. The fourth-order valence-corrected chi connectivity index (χ4v) is 3.51. The zero-order valence-electron chi connectivity index (χ0n) is 16.6. The largest absolute Gasteiger partial charge is 0.336 e. The number of rotatable bonds is 6. The molecule has 0 atom stereocenters. The molecule has 0 aliphatic carbocycles. The van der Waals surface area contributed by atoms with Crippen LogP contribution in [-0.4, -0.2) is 39.8 Å². The molecule has 0 spiro atoms. The van der Waals surface area contributed by atoms with Gasteiger partial charge in [0.15, 0.2) is 0 Å². The van der Waals surface area contributed by atoms with E-state index in [0.717, 1.165) is 17.3 Å². The SMILES string of the molecule is CC(C)NC(=O)Nc1cccc(C(=O)Nc2ccc(CN3C(=O)CSC3=O)cc2)c1. The molecule has 1 fully saturated rings. The molecule has 2 aromatic carbocycles. The zero-order chi connectivity index (χ0) is 21.7. The Kier molecular flexibility index (Phi) is 6.73. The van der Waals surface area contributed by atoms with Crippen molar-refractivity contribution in [1.82, 2.24) is 10.2 Å². The first-order chi connectivity index (χ1) is 14.3. The predicted molar refractivity (Wildman–Crippen MR) is 117 cm³/mol. The van der Waals surface area contributed by atoms with Crippen LogP contribution in [0.1, 0.15) is 29.8 Å². The minimum Gasteiger partial charge on any atom is -0.336 e. The van der Waals surface area contributed by atoms with Crippen molar-refractivity contribution in [3.63, 3.8) is 0 Å². The van der Waals surface area contributed by atoms with Gasteiger partial charge in [-0.15, -0.1) is 0 Å². The Hall–Kier alpha value is -3.33. The number of imide groups is 1. The van der Waals surface area contributed by atoms with Gasteiger partial charge >= 0.3 is 6.03 Å². The Morgan fingerprint density at radius 2 is 1.77 bits per heavy atom. The third kappa shape index (κ3) is 5.60. The highest BCUT2D eigenvalue weighted by Gasteiger charge is 2.29. The van der Waals surface area contributed by atoms with Crippen LogP contribution in [0.25, 0.3) is 0 Å². The molecule has 0 bridgehead atoms. The number of hydrogen-bond acceptors (Lipinski definition) is 5. The lowest BCUT2D eigenvalue weighted by Crippen LogP contribution is -2.34. The van der Waals surface area contributed by atoms with E-state index in [1.807, 2.05) is 13.8 Å². The van der Waals surface area contributed by atoms with Crippen molar-refractivity contribution in [2.24, 2.45) is 0 Å². The number of carbonyl (C=O) groups is 4. The molecule has 3 rings (SSSR count). The van der Waals surface area contributed by atoms with E-state index in [9.17, 15) is 19.2 Å². The summed E-state index contributed by atoms with van der Waals surface area (Å²) in [5.41, 5.74) is 2.27. The van der Waals surface area contributed by atoms with Crippen molar-refractivity contribution in [2.45, 2.75) is 26.4 Å². The summed E-state index contributed by atoms with van der Waals surface area (Å²) in [7, 11) is 0. The highest BCUT2D eigenvalue weighted by atomic mass is 32.2. The lowest BCUT2D eigenvalue weighted by Gasteiger charge is -2.13. The molecular formula is C21H22N4O4S. The molecule has 0 saturated carbocycles. The summed E-state index contributed by atoms with van der Waals surface area (Å²) in [6.07, 6.45) is 0. The van der Waals surface area contributed by atoms with Gasteiger partial charge in [-0.2, -0.15) is 0 Å². The van der Waals surface area contributed by atoms with Gasteiger partial charge in [0.2, 0.25) is 5.91 Å². The van der Waals surface area contributed by atoms with Crippen molar-refractivity contribution in [3.05, 3.63) is 59.7 Å². The Balaban J connectivity index is 1.60. The third-order valence-corrected chi connectivity index (χ3v) is 5.05. The van der Waals surface area contributed by atoms with Crippen molar-refractivity contribution in [1.29, 1.82) is 0 Å². The maximum atomic E-state index is 12.5.